The Bertz CT molecular complexity index is 1170. The van der Waals surface area contributed by atoms with Gasteiger partial charge in [0.25, 0.3) is 0 Å². The molecule has 3 atom stereocenters. The molecule has 0 saturated carbocycles. The van der Waals surface area contributed by atoms with E-state index in [1.165, 1.54) is 18.9 Å². The van der Waals surface area contributed by atoms with Gasteiger partial charge in [-0.2, -0.15) is 11.8 Å². The molecule has 0 radical (unpaired) electrons. The minimum atomic E-state index is -1.82. The van der Waals surface area contributed by atoms with Crippen molar-refractivity contribution in [2.45, 2.75) is 56.9 Å². The topological polar surface area (TPSA) is 131 Å². The number of carbonyl (C=O) groups is 3. The Labute approximate surface area is 234 Å². The molecule has 0 aromatic heterocycles. The van der Waals surface area contributed by atoms with Crippen molar-refractivity contribution in [3.05, 3.63) is 54.1 Å². The van der Waals surface area contributed by atoms with Crippen LogP contribution in [0.2, 0.25) is 0 Å². The van der Waals surface area contributed by atoms with E-state index < -0.39 is 35.1 Å². The molecule has 3 rings (SSSR count). The van der Waals surface area contributed by atoms with Gasteiger partial charge in [-0.25, -0.2) is 9.59 Å². The summed E-state index contributed by atoms with van der Waals surface area (Å²) in [6.07, 6.45) is 1.33. The van der Waals surface area contributed by atoms with Gasteiger partial charge in [0.05, 0.1) is 25.8 Å². The molecule has 0 unspecified atom stereocenters. The number of amides is 1. The minimum Gasteiger partial charge on any atom is -0.467 e. The van der Waals surface area contributed by atoms with E-state index in [2.05, 4.69) is 5.32 Å². The van der Waals surface area contributed by atoms with Crippen LogP contribution in [0.3, 0.4) is 0 Å². The van der Waals surface area contributed by atoms with E-state index in [4.69, 9.17) is 15.2 Å². The molecule has 1 saturated heterocycles. The van der Waals surface area contributed by atoms with Gasteiger partial charge in [0.1, 0.15) is 5.60 Å². The zero-order valence-corrected chi connectivity index (χ0v) is 24.0. The van der Waals surface area contributed by atoms with Gasteiger partial charge < -0.3 is 30.5 Å². The number of carbonyl (C=O) groups excluding carboxylic acids is 3. The Kier molecular flexibility index (Phi) is 10.0. The predicted molar refractivity (Wildman–Crippen MR) is 154 cm³/mol. The molecule has 0 spiro atoms. The van der Waals surface area contributed by atoms with E-state index in [1.54, 1.807) is 37.8 Å². The first-order valence-electron chi connectivity index (χ1n) is 12.9. The molecular formula is C29H39N3O6S. The number of nitrogens with two attached hydrogens (primary N) is 1. The Hall–Kier alpha value is -3.08. The van der Waals surface area contributed by atoms with Gasteiger partial charge in [0.2, 0.25) is 0 Å². The van der Waals surface area contributed by atoms with Crippen molar-refractivity contribution in [2.24, 2.45) is 5.73 Å². The van der Waals surface area contributed by atoms with Crippen LogP contribution >= 0.6 is 11.8 Å². The molecule has 2 aromatic carbocycles. The zero-order chi connectivity index (χ0) is 28.8. The van der Waals surface area contributed by atoms with E-state index in [9.17, 15) is 19.5 Å². The van der Waals surface area contributed by atoms with Gasteiger partial charge >= 0.3 is 12.1 Å². The SMILES string of the molecule is COC(=O)[C@@](N)(CCSC)C(=O)c1ccc(NC[C@@H]2C[C@@H](O)CN2C(=O)OC(C)(C)C)cc1-c1ccccc1. The Morgan fingerprint density at radius 2 is 1.85 bits per heavy atom. The first-order chi connectivity index (χ1) is 18.4. The maximum atomic E-state index is 13.8. The summed E-state index contributed by atoms with van der Waals surface area (Å²) in [5, 5.41) is 13.6. The van der Waals surface area contributed by atoms with Crippen molar-refractivity contribution in [2.75, 3.05) is 37.5 Å². The van der Waals surface area contributed by atoms with Crippen LogP contribution in [0.4, 0.5) is 10.5 Å². The van der Waals surface area contributed by atoms with Gasteiger partial charge in [0.15, 0.2) is 11.3 Å². The van der Waals surface area contributed by atoms with Gasteiger partial charge in [-0.15, -0.1) is 0 Å². The Morgan fingerprint density at radius 3 is 2.46 bits per heavy atom. The maximum absolute atomic E-state index is 13.8. The quantitative estimate of drug-likeness (QED) is 0.226. The first-order valence-corrected chi connectivity index (χ1v) is 14.3. The second-order valence-corrected chi connectivity index (χ2v) is 11.7. The number of nitrogens with one attached hydrogen (secondary N) is 1. The average molecular weight is 558 g/mol. The van der Waals surface area contributed by atoms with E-state index in [-0.39, 0.29) is 19.0 Å². The number of rotatable bonds is 10. The minimum absolute atomic E-state index is 0.137. The number of aliphatic hydroxyl groups is 1. The lowest BCUT2D eigenvalue weighted by atomic mass is 9.84. The van der Waals surface area contributed by atoms with Crippen LogP contribution in [0.5, 0.6) is 0 Å². The van der Waals surface area contributed by atoms with Crippen molar-refractivity contribution < 1.29 is 29.0 Å². The average Bonchev–Trinajstić information content (AvgIpc) is 3.29. The molecule has 1 amide bonds. The summed E-state index contributed by atoms with van der Waals surface area (Å²) in [6, 6.07) is 14.3. The van der Waals surface area contributed by atoms with Crippen LogP contribution in [0.1, 0.15) is 44.0 Å². The van der Waals surface area contributed by atoms with Crippen molar-refractivity contribution >= 4 is 35.3 Å². The summed E-state index contributed by atoms with van der Waals surface area (Å²) in [5.41, 5.74) is 6.38. The van der Waals surface area contributed by atoms with Crippen LogP contribution in [-0.4, -0.2) is 83.3 Å². The van der Waals surface area contributed by atoms with E-state index >= 15 is 0 Å². The van der Waals surface area contributed by atoms with Crippen molar-refractivity contribution in [1.29, 1.82) is 0 Å². The van der Waals surface area contributed by atoms with Crippen LogP contribution in [0.15, 0.2) is 48.5 Å². The number of ether oxygens (including phenoxy) is 2. The Balaban J connectivity index is 1.91. The summed E-state index contributed by atoms with van der Waals surface area (Å²) >= 11 is 1.49. The number of ketones is 1. The highest BCUT2D eigenvalue weighted by atomic mass is 32.2. The highest BCUT2D eigenvalue weighted by Gasteiger charge is 2.44. The van der Waals surface area contributed by atoms with Gasteiger partial charge in [0, 0.05) is 17.8 Å². The molecule has 1 aliphatic heterocycles. The summed E-state index contributed by atoms with van der Waals surface area (Å²) < 4.78 is 10.4. The summed E-state index contributed by atoms with van der Waals surface area (Å²) in [7, 11) is 1.22. The number of benzene rings is 2. The molecule has 212 valence electrons. The van der Waals surface area contributed by atoms with Crippen molar-refractivity contribution in [1.82, 2.24) is 4.90 Å². The number of β-amino-alcohol motifs (C(OH)–C–C–N with tert-alkyl or cyclic N) is 1. The lowest BCUT2D eigenvalue weighted by Gasteiger charge is -2.29. The summed E-state index contributed by atoms with van der Waals surface area (Å²) in [6.45, 7) is 5.97. The van der Waals surface area contributed by atoms with E-state index in [1.807, 2.05) is 42.7 Å². The molecule has 0 bridgehead atoms. The molecule has 2 aromatic rings. The Morgan fingerprint density at radius 1 is 1.15 bits per heavy atom. The normalized spacial score (nSPS) is 18.8. The molecule has 1 aliphatic rings. The fourth-order valence-electron chi connectivity index (χ4n) is 4.57. The van der Waals surface area contributed by atoms with E-state index in [0.717, 1.165) is 5.56 Å². The van der Waals surface area contributed by atoms with Crippen LogP contribution in [0, 0.1) is 0 Å². The molecule has 4 N–H and O–H groups in total. The number of aliphatic hydroxyl groups excluding tert-OH is 1. The van der Waals surface area contributed by atoms with Gasteiger partial charge in [-0.05, 0) is 74.9 Å². The number of hydrogen-bond acceptors (Lipinski definition) is 9. The van der Waals surface area contributed by atoms with Crippen LogP contribution in [-0.2, 0) is 14.3 Å². The fourth-order valence-corrected chi connectivity index (χ4v) is 5.09. The van der Waals surface area contributed by atoms with E-state index in [0.29, 0.717) is 35.5 Å². The number of nitrogens with zero attached hydrogens (tertiary/aromatic N) is 1. The zero-order valence-electron chi connectivity index (χ0n) is 23.2. The second-order valence-electron chi connectivity index (χ2n) is 10.7. The number of esters is 1. The van der Waals surface area contributed by atoms with Gasteiger partial charge in [-0.1, -0.05) is 30.3 Å². The van der Waals surface area contributed by atoms with Crippen LogP contribution in [0.25, 0.3) is 11.1 Å². The first kappa shape index (κ1) is 30.5. The number of thioether (sulfide) groups is 1. The summed E-state index contributed by atoms with van der Waals surface area (Å²) in [4.78, 5) is 40.7. The van der Waals surface area contributed by atoms with Crippen molar-refractivity contribution in [3.63, 3.8) is 0 Å². The number of hydrogen-bond donors (Lipinski definition) is 3. The molecular weight excluding hydrogens is 518 g/mol. The number of likely N-dealkylation sites (tertiary alicyclic amines) is 1. The molecule has 1 heterocycles. The monoisotopic (exact) mass is 557 g/mol. The third-order valence-corrected chi connectivity index (χ3v) is 7.18. The molecule has 9 nitrogen and oxygen atoms in total. The molecule has 1 fully saturated rings. The highest BCUT2D eigenvalue weighted by Crippen LogP contribution is 2.31. The predicted octanol–water partition coefficient (Wildman–Crippen LogP) is 3.94. The molecule has 10 heteroatoms. The van der Waals surface area contributed by atoms with Crippen LogP contribution < -0.4 is 11.1 Å². The maximum Gasteiger partial charge on any atom is 0.410 e. The van der Waals surface area contributed by atoms with Gasteiger partial charge in [-0.3, -0.25) is 4.79 Å². The molecule has 39 heavy (non-hydrogen) atoms. The standard InChI is InChI=1S/C29H39N3O6S/c1-28(2,3)38-27(36)32-18-22(33)16-21(32)17-31-20-11-12-23(24(15-20)19-9-7-6-8-10-19)25(34)29(30,13-14-39-5)26(35)37-4/h6-12,15,21-22,31,33H,13-14,16-18,30H2,1-5H3/t21-,22+,29+/m0/s1. The number of anilines is 1. The lowest BCUT2D eigenvalue weighted by molar-refractivity contribution is -0.145. The van der Waals surface area contributed by atoms with Crippen molar-refractivity contribution in [3.8, 4) is 11.1 Å². The molecule has 0 aliphatic carbocycles. The second kappa shape index (κ2) is 12.8. The third kappa shape index (κ3) is 7.52. The third-order valence-electron chi connectivity index (χ3n) is 6.57. The number of methoxy groups -OCH3 is 1. The fraction of sp³-hybridized carbons (Fsp3) is 0.483. The summed E-state index contributed by atoms with van der Waals surface area (Å²) in [5.74, 6) is -0.771. The number of Topliss-reactive ketones (excluding diaryl/α,β-unsaturated/α-hetero) is 1. The lowest BCUT2D eigenvalue weighted by Crippen LogP contribution is -2.56. The smallest absolute Gasteiger partial charge is 0.410 e. The highest BCUT2D eigenvalue weighted by molar-refractivity contribution is 7.98. The largest absolute Gasteiger partial charge is 0.467 e.